The number of nitrogens with zero attached hydrogens (tertiary/aromatic N) is 1. The number of halogens is 3. The van der Waals surface area contributed by atoms with Crippen molar-refractivity contribution in [1.82, 2.24) is 10.5 Å². The van der Waals surface area contributed by atoms with Crippen molar-refractivity contribution in [2.24, 2.45) is 0 Å². The van der Waals surface area contributed by atoms with Crippen LogP contribution in [0, 0.1) is 6.92 Å². The molecule has 0 radical (unpaired) electrons. The first-order valence-corrected chi connectivity index (χ1v) is 5.49. The second-order valence-corrected chi connectivity index (χ2v) is 3.73. The molecule has 0 aliphatic rings. The normalized spacial score (nSPS) is 11.4. The minimum Gasteiger partial charge on any atom is -0.372 e. The van der Waals surface area contributed by atoms with Gasteiger partial charge in [0.2, 0.25) is 0 Å². The van der Waals surface area contributed by atoms with Gasteiger partial charge in [-0.15, -0.1) is 0 Å². The molecule has 6 nitrogen and oxygen atoms in total. The van der Waals surface area contributed by atoms with Crippen LogP contribution in [0.3, 0.4) is 0 Å². The number of anilines is 1. The molecule has 1 rings (SSSR count). The number of aryl methyl sites for hydroxylation is 1. The fourth-order valence-electron chi connectivity index (χ4n) is 1.15. The maximum Gasteiger partial charge on any atom is 0.411 e. The van der Waals surface area contributed by atoms with E-state index >= 15 is 0 Å². The molecule has 0 bridgehead atoms. The molecule has 108 valence electrons. The van der Waals surface area contributed by atoms with E-state index < -0.39 is 18.8 Å². The van der Waals surface area contributed by atoms with E-state index in [1.807, 2.05) is 0 Å². The van der Waals surface area contributed by atoms with E-state index in [1.165, 1.54) is 6.07 Å². The highest BCUT2D eigenvalue weighted by Gasteiger charge is 2.27. The Kier molecular flexibility index (Phi) is 5.61. The second kappa shape index (κ2) is 6.98. The number of carbonyl (C=O) groups excluding carboxylic acids is 1. The van der Waals surface area contributed by atoms with Crippen LogP contribution in [0.15, 0.2) is 10.6 Å². The van der Waals surface area contributed by atoms with Gasteiger partial charge in [0, 0.05) is 19.2 Å². The number of nitrogens with one attached hydrogen (secondary N) is 2. The molecule has 1 aromatic heterocycles. The van der Waals surface area contributed by atoms with Crippen LogP contribution < -0.4 is 10.6 Å². The van der Waals surface area contributed by atoms with Crippen LogP contribution in [0.1, 0.15) is 12.2 Å². The zero-order valence-corrected chi connectivity index (χ0v) is 10.2. The van der Waals surface area contributed by atoms with Crippen molar-refractivity contribution in [3.63, 3.8) is 0 Å². The highest BCUT2D eigenvalue weighted by atomic mass is 19.4. The summed E-state index contributed by atoms with van der Waals surface area (Å²) in [5.74, 6) is 0.819. The molecular formula is C10H14F3N3O3. The molecule has 0 aromatic carbocycles. The van der Waals surface area contributed by atoms with Gasteiger partial charge in [-0.3, -0.25) is 5.32 Å². The van der Waals surface area contributed by atoms with E-state index in [-0.39, 0.29) is 25.4 Å². The lowest BCUT2D eigenvalue weighted by atomic mass is 10.4. The summed E-state index contributed by atoms with van der Waals surface area (Å²) in [7, 11) is 0. The molecule has 0 spiro atoms. The lowest BCUT2D eigenvalue weighted by Crippen LogP contribution is -2.30. The van der Waals surface area contributed by atoms with Crippen LogP contribution in [0.5, 0.6) is 0 Å². The Morgan fingerprint density at radius 1 is 1.53 bits per heavy atom. The third kappa shape index (κ3) is 7.29. The summed E-state index contributed by atoms with van der Waals surface area (Å²) in [4.78, 5) is 11.3. The Morgan fingerprint density at radius 3 is 2.84 bits per heavy atom. The summed E-state index contributed by atoms with van der Waals surface area (Å²) in [6.45, 7) is 0.509. The predicted octanol–water partition coefficient (Wildman–Crippen LogP) is 2.07. The zero-order chi connectivity index (χ0) is 14.3. The maximum atomic E-state index is 11.7. The van der Waals surface area contributed by atoms with Crippen molar-refractivity contribution in [2.75, 3.05) is 25.1 Å². The van der Waals surface area contributed by atoms with E-state index in [4.69, 9.17) is 4.52 Å². The second-order valence-electron chi connectivity index (χ2n) is 3.73. The van der Waals surface area contributed by atoms with Crippen molar-refractivity contribution in [2.45, 2.75) is 19.5 Å². The molecule has 0 atom stereocenters. The maximum absolute atomic E-state index is 11.7. The highest BCUT2D eigenvalue weighted by molar-refractivity contribution is 5.88. The molecule has 0 fully saturated rings. The summed E-state index contributed by atoms with van der Waals surface area (Å²) >= 11 is 0. The van der Waals surface area contributed by atoms with E-state index in [0.29, 0.717) is 5.76 Å². The molecule has 9 heteroatoms. The Balaban J connectivity index is 2.05. The lowest BCUT2D eigenvalue weighted by molar-refractivity contribution is -0.173. The van der Waals surface area contributed by atoms with Gasteiger partial charge in [-0.2, -0.15) is 13.2 Å². The van der Waals surface area contributed by atoms with Gasteiger partial charge in [0.25, 0.3) is 0 Å². The number of hydrogen-bond donors (Lipinski definition) is 2. The van der Waals surface area contributed by atoms with Gasteiger partial charge in [0.1, 0.15) is 12.4 Å². The molecule has 0 saturated heterocycles. The number of carbonyl (C=O) groups is 1. The Labute approximate surface area is 107 Å². The molecule has 0 aliphatic carbocycles. The van der Waals surface area contributed by atoms with Gasteiger partial charge in [0.15, 0.2) is 5.82 Å². The topological polar surface area (TPSA) is 76.4 Å². The number of aromatic nitrogens is 1. The average Bonchev–Trinajstić information content (AvgIpc) is 2.67. The van der Waals surface area contributed by atoms with Crippen LogP contribution in [0.4, 0.5) is 23.8 Å². The summed E-state index contributed by atoms with van der Waals surface area (Å²) in [6, 6.07) is 1.02. The van der Waals surface area contributed by atoms with E-state index in [1.54, 1.807) is 6.92 Å². The molecule has 1 aromatic rings. The monoisotopic (exact) mass is 281 g/mol. The highest BCUT2D eigenvalue weighted by Crippen LogP contribution is 2.14. The van der Waals surface area contributed by atoms with Crippen molar-refractivity contribution in [3.8, 4) is 0 Å². The van der Waals surface area contributed by atoms with Gasteiger partial charge < -0.3 is 14.6 Å². The van der Waals surface area contributed by atoms with Crippen LogP contribution in [-0.2, 0) is 4.74 Å². The zero-order valence-electron chi connectivity index (χ0n) is 10.2. The van der Waals surface area contributed by atoms with Crippen molar-refractivity contribution < 1.29 is 27.2 Å². The van der Waals surface area contributed by atoms with E-state index in [9.17, 15) is 18.0 Å². The lowest BCUT2D eigenvalue weighted by Gasteiger charge is -2.08. The number of ether oxygens (including phenoxy) is 1. The minimum atomic E-state index is -4.32. The molecule has 2 N–H and O–H groups in total. The largest absolute Gasteiger partial charge is 0.411 e. The van der Waals surface area contributed by atoms with E-state index in [2.05, 4.69) is 20.5 Å². The van der Waals surface area contributed by atoms with Gasteiger partial charge in [-0.05, 0) is 13.3 Å². The van der Waals surface area contributed by atoms with Gasteiger partial charge >= 0.3 is 12.2 Å². The molecule has 1 heterocycles. The van der Waals surface area contributed by atoms with Crippen LogP contribution in [0.25, 0.3) is 0 Å². The molecule has 19 heavy (non-hydrogen) atoms. The number of amides is 2. The first-order chi connectivity index (χ1) is 8.87. The van der Waals surface area contributed by atoms with Crippen LogP contribution >= 0.6 is 0 Å². The standard InChI is InChI=1S/C10H14F3N3O3/c1-7-5-8(16-19-7)15-9(17)14-3-2-4-18-6-10(11,12)13/h5H,2-4,6H2,1H3,(H2,14,15,16,17). The third-order valence-corrected chi connectivity index (χ3v) is 1.89. The fraction of sp³-hybridized carbons (Fsp3) is 0.600. The molecule has 2 amide bonds. The summed E-state index contributed by atoms with van der Waals surface area (Å²) in [5.41, 5.74) is 0. The molecule has 0 aliphatic heterocycles. The molecule has 0 unspecified atom stereocenters. The number of urea groups is 1. The minimum absolute atomic E-state index is 0.0805. The first kappa shape index (κ1) is 15.3. The summed E-state index contributed by atoms with van der Waals surface area (Å²) < 4.78 is 44.3. The average molecular weight is 281 g/mol. The third-order valence-electron chi connectivity index (χ3n) is 1.89. The van der Waals surface area contributed by atoms with Crippen LogP contribution in [-0.4, -0.2) is 37.1 Å². The SMILES string of the molecule is Cc1cc(NC(=O)NCCCOCC(F)(F)F)no1. The summed E-state index contributed by atoms with van der Waals surface area (Å²) in [5, 5.41) is 8.39. The molecule has 0 saturated carbocycles. The number of rotatable bonds is 6. The number of alkyl halides is 3. The van der Waals surface area contributed by atoms with Gasteiger partial charge in [-0.1, -0.05) is 5.16 Å². The van der Waals surface area contributed by atoms with Crippen molar-refractivity contribution in [3.05, 3.63) is 11.8 Å². The van der Waals surface area contributed by atoms with Gasteiger partial charge in [0.05, 0.1) is 0 Å². The Hall–Kier alpha value is -1.77. The quantitative estimate of drug-likeness (QED) is 0.783. The number of hydrogen-bond acceptors (Lipinski definition) is 4. The van der Waals surface area contributed by atoms with E-state index in [0.717, 1.165) is 0 Å². The van der Waals surface area contributed by atoms with Crippen molar-refractivity contribution in [1.29, 1.82) is 0 Å². The van der Waals surface area contributed by atoms with Crippen molar-refractivity contribution >= 4 is 11.8 Å². The molecular weight excluding hydrogens is 267 g/mol. The summed E-state index contributed by atoms with van der Waals surface area (Å²) in [6.07, 6.45) is -4.04. The van der Waals surface area contributed by atoms with Crippen LogP contribution in [0.2, 0.25) is 0 Å². The Bertz CT molecular complexity index is 406. The van der Waals surface area contributed by atoms with Gasteiger partial charge in [-0.25, -0.2) is 4.79 Å². The fourth-order valence-corrected chi connectivity index (χ4v) is 1.15. The predicted molar refractivity (Wildman–Crippen MR) is 59.8 cm³/mol. The Morgan fingerprint density at radius 2 is 2.26 bits per heavy atom. The first-order valence-electron chi connectivity index (χ1n) is 5.49. The smallest absolute Gasteiger partial charge is 0.372 e.